The molecular weight excluding hydrogens is 768 g/mol. The summed E-state index contributed by atoms with van der Waals surface area (Å²) in [5, 5.41) is 2.52. The Hall–Kier alpha value is -5.22. The van der Waals surface area contributed by atoms with E-state index in [-0.39, 0.29) is 17.5 Å². The lowest BCUT2D eigenvalue weighted by molar-refractivity contribution is 0.634. The first kappa shape index (κ1) is 42.4. The van der Waals surface area contributed by atoms with Crippen LogP contribution in [0.1, 0.15) is 33.4 Å². The van der Waals surface area contributed by atoms with Crippen molar-refractivity contribution < 1.29 is 13.2 Å². The van der Waals surface area contributed by atoms with E-state index in [9.17, 15) is 13.2 Å². The number of anilines is 3. The van der Waals surface area contributed by atoms with Crippen molar-refractivity contribution in [3.8, 4) is 0 Å². The van der Waals surface area contributed by atoms with E-state index in [1.807, 2.05) is 72.9 Å². The molecule has 0 amide bonds. The first-order chi connectivity index (χ1) is 27.3. The molecule has 0 aromatic heterocycles. The number of nitrogens with zero attached hydrogens (tertiary/aromatic N) is 1. The smallest absolute Gasteiger partial charge is 0.123 e. The molecular formula is C51H54F3NSi3. The number of halogens is 3. The topological polar surface area (TPSA) is 3.24 Å². The van der Waals surface area contributed by atoms with Crippen LogP contribution in [0, 0.1) is 17.5 Å². The van der Waals surface area contributed by atoms with Crippen molar-refractivity contribution >= 4 is 93.3 Å². The summed E-state index contributed by atoms with van der Waals surface area (Å²) in [5.74, 6) is -0.402. The van der Waals surface area contributed by atoms with Crippen LogP contribution in [0.25, 0.3) is 36.5 Å². The molecule has 6 rings (SSSR count). The fourth-order valence-electron chi connectivity index (χ4n) is 6.96. The summed E-state index contributed by atoms with van der Waals surface area (Å²) >= 11 is 0. The molecule has 0 N–H and O–H groups in total. The van der Waals surface area contributed by atoms with Crippen LogP contribution in [0.3, 0.4) is 0 Å². The van der Waals surface area contributed by atoms with Gasteiger partial charge in [0, 0.05) is 17.1 Å². The highest BCUT2D eigenvalue weighted by Gasteiger charge is 2.22. The second-order valence-electron chi connectivity index (χ2n) is 18.1. The molecule has 0 unspecified atom stereocenters. The summed E-state index contributed by atoms with van der Waals surface area (Å²) in [6, 6.07) is 41.6. The van der Waals surface area contributed by atoms with Gasteiger partial charge in [-0.1, -0.05) is 168 Å². The van der Waals surface area contributed by atoms with Crippen LogP contribution in [0.5, 0.6) is 0 Å². The Morgan fingerprint density at radius 2 is 0.517 bits per heavy atom. The van der Waals surface area contributed by atoms with E-state index in [0.717, 1.165) is 66.0 Å². The van der Waals surface area contributed by atoms with Crippen LogP contribution in [-0.2, 0) is 0 Å². The molecule has 58 heavy (non-hydrogen) atoms. The molecule has 0 aliphatic carbocycles. The third-order valence-electron chi connectivity index (χ3n) is 10.3. The molecule has 7 heteroatoms. The van der Waals surface area contributed by atoms with Gasteiger partial charge in [0.1, 0.15) is 17.5 Å². The molecule has 0 heterocycles. The molecule has 0 aliphatic rings. The third-order valence-corrected chi connectivity index (χ3v) is 16.3. The second-order valence-corrected chi connectivity index (χ2v) is 33.2. The molecule has 0 saturated heterocycles. The van der Waals surface area contributed by atoms with Gasteiger partial charge in [0.25, 0.3) is 0 Å². The van der Waals surface area contributed by atoms with Crippen molar-refractivity contribution in [2.24, 2.45) is 0 Å². The zero-order valence-corrected chi connectivity index (χ0v) is 38.2. The van der Waals surface area contributed by atoms with E-state index < -0.39 is 24.2 Å². The zero-order valence-electron chi connectivity index (χ0n) is 35.2. The maximum Gasteiger partial charge on any atom is 0.123 e. The van der Waals surface area contributed by atoms with Crippen LogP contribution in [0.15, 0.2) is 127 Å². The quantitative estimate of drug-likeness (QED) is 0.0878. The summed E-state index contributed by atoms with van der Waals surface area (Å²) in [4.78, 5) is 2.20. The van der Waals surface area contributed by atoms with E-state index in [1.54, 1.807) is 18.2 Å². The molecule has 0 fully saturated rings. The number of hydrogen-bond donors (Lipinski definition) is 0. The van der Waals surface area contributed by atoms with Crippen molar-refractivity contribution in [3.05, 3.63) is 178 Å². The van der Waals surface area contributed by atoms with E-state index >= 15 is 0 Å². The van der Waals surface area contributed by atoms with E-state index in [0.29, 0.717) is 0 Å². The monoisotopic (exact) mass is 821 g/mol. The number of rotatable bonds is 12. The zero-order chi connectivity index (χ0) is 41.8. The van der Waals surface area contributed by atoms with Crippen molar-refractivity contribution in [3.63, 3.8) is 0 Å². The summed E-state index contributed by atoms with van der Waals surface area (Å²) in [6.07, 6.45) is 11.9. The SMILES string of the molecule is C[Si](C)(C)c1ccc(/C=C/c2ccc(N(c3ccc(/C=C/c4ccc([Si](C)(C)C)c(F)c4)cc3)c3ccc(/C=C/c4ccc([Si](C)(C)C)c(F)c4)cc3)cc2)cc1F. The molecule has 0 aliphatic heterocycles. The molecule has 0 atom stereocenters. The van der Waals surface area contributed by atoms with Gasteiger partial charge in [-0.15, -0.1) is 0 Å². The van der Waals surface area contributed by atoms with Crippen LogP contribution >= 0.6 is 0 Å². The van der Waals surface area contributed by atoms with E-state index in [4.69, 9.17) is 0 Å². The predicted octanol–water partition coefficient (Wildman–Crippen LogP) is 13.7. The summed E-state index contributed by atoms with van der Waals surface area (Å²) in [6.45, 7) is 19.4. The van der Waals surface area contributed by atoms with Gasteiger partial charge in [-0.3, -0.25) is 0 Å². The summed E-state index contributed by atoms with van der Waals surface area (Å²) in [5.41, 5.74) is 8.43. The van der Waals surface area contributed by atoms with Crippen molar-refractivity contribution in [1.29, 1.82) is 0 Å². The van der Waals surface area contributed by atoms with Crippen LogP contribution in [0.2, 0.25) is 58.9 Å². The Morgan fingerprint density at radius 3 is 0.724 bits per heavy atom. The van der Waals surface area contributed by atoms with Gasteiger partial charge >= 0.3 is 0 Å². The minimum atomic E-state index is -1.76. The highest BCUT2D eigenvalue weighted by atomic mass is 28.3. The van der Waals surface area contributed by atoms with E-state index in [2.05, 4.69) is 137 Å². The largest absolute Gasteiger partial charge is 0.311 e. The average Bonchev–Trinajstić information content (AvgIpc) is 3.15. The summed E-state index contributed by atoms with van der Waals surface area (Å²) < 4.78 is 44.8. The summed E-state index contributed by atoms with van der Waals surface area (Å²) in [7, 11) is -5.27. The Bertz CT molecular complexity index is 2190. The second kappa shape index (κ2) is 17.3. The molecule has 6 aromatic carbocycles. The van der Waals surface area contributed by atoms with Crippen molar-refractivity contribution in [2.45, 2.75) is 58.9 Å². The van der Waals surface area contributed by atoms with Crippen molar-refractivity contribution in [1.82, 2.24) is 0 Å². The minimum Gasteiger partial charge on any atom is -0.311 e. The van der Waals surface area contributed by atoms with Gasteiger partial charge in [-0.25, -0.2) is 13.2 Å². The first-order valence-corrected chi connectivity index (χ1v) is 30.4. The molecule has 6 aromatic rings. The lowest BCUT2D eigenvalue weighted by atomic mass is 10.1. The van der Waals surface area contributed by atoms with Gasteiger partial charge < -0.3 is 4.90 Å². The molecule has 0 radical (unpaired) electrons. The molecule has 0 saturated carbocycles. The fourth-order valence-corrected chi connectivity index (χ4v) is 11.1. The average molecular weight is 822 g/mol. The lowest BCUT2D eigenvalue weighted by Gasteiger charge is -2.26. The van der Waals surface area contributed by atoms with Gasteiger partial charge in [0.05, 0.1) is 24.2 Å². The van der Waals surface area contributed by atoms with Gasteiger partial charge in [0.15, 0.2) is 0 Å². The standard InChI is InChI=1S/C51H54F3NSi3/c1-56(2,3)49-31-22-40(34-46(49)52)13-10-37-16-25-43(26-17-37)55(44-27-18-38(19-28-44)11-14-41-23-32-50(47(53)35-41)57(4,5)6)45-29-20-39(21-30-45)12-15-42-24-33-51(48(54)36-42)58(7,8)9/h10-36H,1-9H3/b13-10+,14-11+,15-12+. The Balaban J connectivity index is 1.27. The minimum absolute atomic E-state index is 0.134. The Morgan fingerprint density at radius 1 is 0.310 bits per heavy atom. The van der Waals surface area contributed by atoms with Crippen molar-refractivity contribution in [2.75, 3.05) is 4.90 Å². The highest BCUT2D eigenvalue weighted by molar-refractivity contribution is 6.89. The van der Waals surface area contributed by atoms with Crippen LogP contribution in [-0.4, -0.2) is 24.2 Å². The molecule has 0 bridgehead atoms. The normalized spacial score (nSPS) is 12.6. The third kappa shape index (κ3) is 10.6. The highest BCUT2D eigenvalue weighted by Crippen LogP contribution is 2.35. The van der Waals surface area contributed by atoms with Crippen LogP contribution in [0.4, 0.5) is 30.2 Å². The van der Waals surface area contributed by atoms with Crippen LogP contribution < -0.4 is 20.5 Å². The maximum absolute atomic E-state index is 14.9. The van der Waals surface area contributed by atoms with E-state index in [1.165, 1.54) is 0 Å². The fraction of sp³-hybridized carbons (Fsp3) is 0.176. The number of hydrogen-bond acceptors (Lipinski definition) is 1. The number of benzene rings is 6. The first-order valence-electron chi connectivity index (χ1n) is 19.9. The maximum atomic E-state index is 14.9. The van der Waals surface area contributed by atoms with Gasteiger partial charge in [-0.05, 0) is 104 Å². The Kier molecular flexibility index (Phi) is 12.7. The molecule has 1 nitrogen and oxygen atoms in total. The molecule has 296 valence electrons. The predicted molar refractivity (Wildman–Crippen MR) is 256 cm³/mol. The lowest BCUT2D eigenvalue weighted by Crippen LogP contribution is -2.39. The van der Waals surface area contributed by atoms with Gasteiger partial charge in [-0.2, -0.15) is 0 Å². The Labute approximate surface area is 347 Å². The van der Waals surface area contributed by atoms with Gasteiger partial charge in [0.2, 0.25) is 0 Å². The molecule has 0 spiro atoms.